The number of rotatable bonds is 5. The predicted octanol–water partition coefficient (Wildman–Crippen LogP) is 1.89. The highest BCUT2D eigenvalue weighted by Gasteiger charge is 2.21. The second kappa shape index (κ2) is 8.71. The van der Waals surface area contributed by atoms with Gasteiger partial charge in [0.1, 0.15) is 17.6 Å². The van der Waals surface area contributed by atoms with E-state index in [1.807, 2.05) is 0 Å². The van der Waals surface area contributed by atoms with Crippen LogP contribution >= 0.6 is 0 Å². The largest absolute Gasteiger partial charge is 0.464 e. The van der Waals surface area contributed by atoms with Gasteiger partial charge in [-0.05, 0) is 50.1 Å². The standard InChI is InChI=1S/C20H23N3O5/c1-13-8-9-17(28-13)16(24)12-21-19(26)20(27)22-14-5-4-6-15(11-14)23-10-3-2-7-18(23)25/h4-6,8-9,11,16,24H,2-3,7,10,12H2,1H3,(H,21,26)(H,22,27). The lowest BCUT2D eigenvalue weighted by Gasteiger charge is -2.27. The summed E-state index contributed by atoms with van der Waals surface area (Å²) in [4.78, 5) is 37.8. The van der Waals surface area contributed by atoms with E-state index in [0.717, 1.165) is 12.8 Å². The van der Waals surface area contributed by atoms with Crippen LogP contribution in [0.25, 0.3) is 0 Å². The van der Waals surface area contributed by atoms with Crippen LogP contribution in [0.3, 0.4) is 0 Å². The maximum Gasteiger partial charge on any atom is 0.313 e. The lowest BCUT2D eigenvalue weighted by atomic mass is 10.1. The van der Waals surface area contributed by atoms with Gasteiger partial charge in [-0.1, -0.05) is 6.07 Å². The van der Waals surface area contributed by atoms with Crippen LogP contribution in [0.4, 0.5) is 11.4 Å². The summed E-state index contributed by atoms with van der Waals surface area (Å²) in [7, 11) is 0. The quantitative estimate of drug-likeness (QED) is 0.681. The van der Waals surface area contributed by atoms with Crippen molar-refractivity contribution in [1.29, 1.82) is 0 Å². The third-order valence-electron chi connectivity index (χ3n) is 4.49. The molecule has 2 aromatic rings. The van der Waals surface area contributed by atoms with E-state index in [1.165, 1.54) is 0 Å². The van der Waals surface area contributed by atoms with Gasteiger partial charge in [0.05, 0.1) is 6.54 Å². The first kappa shape index (κ1) is 19.6. The molecule has 0 saturated carbocycles. The molecule has 1 aromatic heterocycles. The molecule has 2 heterocycles. The molecule has 1 aromatic carbocycles. The Morgan fingerprint density at radius 3 is 2.75 bits per heavy atom. The summed E-state index contributed by atoms with van der Waals surface area (Å²) in [5, 5.41) is 14.9. The molecule has 3 N–H and O–H groups in total. The van der Waals surface area contributed by atoms with E-state index in [4.69, 9.17) is 4.42 Å². The fraction of sp³-hybridized carbons (Fsp3) is 0.350. The highest BCUT2D eigenvalue weighted by molar-refractivity contribution is 6.39. The van der Waals surface area contributed by atoms with Gasteiger partial charge in [0.15, 0.2) is 0 Å². The molecule has 1 aliphatic heterocycles. The SMILES string of the molecule is Cc1ccc(C(O)CNC(=O)C(=O)Nc2cccc(N3CCCCC3=O)c2)o1. The summed E-state index contributed by atoms with van der Waals surface area (Å²) < 4.78 is 5.28. The van der Waals surface area contributed by atoms with Crippen LogP contribution in [0, 0.1) is 6.92 Å². The van der Waals surface area contributed by atoms with Crippen LogP contribution in [-0.4, -0.2) is 35.9 Å². The monoisotopic (exact) mass is 385 g/mol. The minimum Gasteiger partial charge on any atom is -0.464 e. The number of nitrogens with zero attached hydrogens (tertiary/aromatic N) is 1. The first-order chi connectivity index (χ1) is 13.4. The second-order valence-electron chi connectivity index (χ2n) is 6.68. The van der Waals surface area contributed by atoms with Crippen LogP contribution in [0.5, 0.6) is 0 Å². The molecule has 1 fully saturated rings. The molecule has 3 rings (SSSR count). The zero-order valence-electron chi connectivity index (χ0n) is 15.6. The molecule has 8 heteroatoms. The number of benzene rings is 1. The summed E-state index contributed by atoms with van der Waals surface area (Å²) in [5.41, 5.74) is 1.10. The summed E-state index contributed by atoms with van der Waals surface area (Å²) in [6.45, 7) is 2.23. The third-order valence-corrected chi connectivity index (χ3v) is 4.49. The van der Waals surface area contributed by atoms with Crippen molar-refractivity contribution in [2.75, 3.05) is 23.3 Å². The molecule has 0 aliphatic carbocycles. The van der Waals surface area contributed by atoms with Gasteiger partial charge < -0.3 is 25.1 Å². The molecule has 0 bridgehead atoms. The van der Waals surface area contributed by atoms with E-state index in [9.17, 15) is 19.5 Å². The van der Waals surface area contributed by atoms with Crippen molar-refractivity contribution in [3.05, 3.63) is 47.9 Å². The number of piperidine rings is 1. The highest BCUT2D eigenvalue weighted by Crippen LogP contribution is 2.23. The Labute approximate surface area is 162 Å². The molecule has 0 spiro atoms. The van der Waals surface area contributed by atoms with Gasteiger partial charge in [-0.15, -0.1) is 0 Å². The number of nitrogens with one attached hydrogen (secondary N) is 2. The topological polar surface area (TPSA) is 112 Å². The van der Waals surface area contributed by atoms with Crippen molar-refractivity contribution in [3.63, 3.8) is 0 Å². The molecule has 1 unspecified atom stereocenters. The third kappa shape index (κ3) is 4.77. The fourth-order valence-corrected chi connectivity index (χ4v) is 3.02. The summed E-state index contributed by atoms with van der Waals surface area (Å²) >= 11 is 0. The Kier molecular flexibility index (Phi) is 6.10. The van der Waals surface area contributed by atoms with E-state index >= 15 is 0 Å². The molecular weight excluding hydrogens is 362 g/mol. The average molecular weight is 385 g/mol. The molecule has 8 nitrogen and oxygen atoms in total. The first-order valence-electron chi connectivity index (χ1n) is 9.18. The predicted molar refractivity (Wildman–Crippen MR) is 103 cm³/mol. The van der Waals surface area contributed by atoms with Crippen LogP contribution in [0.1, 0.15) is 36.9 Å². The van der Waals surface area contributed by atoms with Crippen molar-refractivity contribution < 1.29 is 23.9 Å². The van der Waals surface area contributed by atoms with Crippen LogP contribution in [-0.2, 0) is 14.4 Å². The Bertz CT molecular complexity index is 876. The van der Waals surface area contributed by atoms with Gasteiger partial charge in [-0.2, -0.15) is 0 Å². The Morgan fingerprint density at radius 1 is 1.21 bits per heavy atom. The van der Waals surface area contributed by atoms with Crippen molar-refractivity contribution in [1.82, 2.24) is 5.32 Å². The molecule has 0 radical (unpaired) electrons. The lowest BCUT2D eigenvalue weighted by molar-refractivity contribution is -0.136. The molecule has 148 valence electrons. The van der Waals surface area contributed by atoms with Gasteiger partial charge in [0, 0.05) is 24.3 Å². The number of amides is 3. The Balaban J connectivity index is 1.55. The molecule has 1 saturated heterocycles. The lowest BCUT2D eigenvalue weighted by Crippen LogP contribution is -2.37. The molecule has 1 aliphatic rings. The average Bonchev–Trinajstić information content (AvgIpc) is 3.13. The van der Waals surface area contributed by atoms with Gasteiger partial charge >= 0.3 is 11.8 Å². The van der Waals surface area contributed by atoms with E-state index in [1.54, 1.807) is 48.2 Å². The van der Waals surface area contributed by atoms with Crippen molar-refractivity contribution in [2.24, 2.45) is 0 Å². The van der Waals surface area contributed by atoms with Crippen LogP contribution < -0.4 is 15.5 Å². The minimum absolute atomic E-state index is 0.0506. The second-order valence-corrected chi connectivity index (χ2v) is 6.68. The number of aryl methyl sites for hydroxylation is 1. The van der Waals surface area contributed by atoms with Crippen LogP contribution in [0.2, 0.25) is 0 Å². The Morgan fingerprint density at radius 2 is 2.04 bits per heavy atom. The number of carbonyl (C=O) groups excluding carboxylic acids is 3. The zero-order chi connectivity index (χ0) is 20.1. The van der Waals surface area contributed by atoms with Crippen molar-refractivity contribution in [2.45, 2.75) is 32.3 Å². The summed E-state index contributed by atoms with van der Waals surface area (Å²) in [6, 6.07) is 10.1. The summed E-state index contributed by atoms with van der Waals surface area (Å²) in [5.74, 6) is -0.719. The molecular formula is C20H23N3O5. The van der Waals surface area contributed by atoms with E-state index in [2.05, 4.69) is 10.6 Å². The van der Waals surface area contributed by atoms with Gasteiger partial charge in [-0.3, -0.25) is 14.4 Å². The molecule has 3 amide bonds. The van der Waals surface area contributed by atoms with Crippen molar-refractivity contribution in [3.8, 4) is 0 Å². The number of furan rings is 1. The number of aliphatic hydroxyl groups is 1. The first-order valence-corrected chi connectivity index (χ1v) is 9.18. The van der Waals surface area contributed by atoms with E-state index < -0.39 is 17.9 Å². The maximum absolute atomic E-state index is 12.1. The number of hydrogen-bond acceptors (Lipinski definition) is 5. The van der Waals surface area contributed by atoms with Gasteiger partial charge in [0.2, 0.25) is 5.91 Å². The summed E-state index contributed by atoms with van der Waals surface area (Å²) in [6.07, 6.45) is 1.28. The van der Waals surface area contributed by atoms with E-state index in [0.29, 0.717) is 35.9 Å². The maximum atomic E-state index is 12.1. The van der Waals surface area contributed by atoms with Gasteiger partial charge in [0.25, 0.3) is 0 Å². The number of carbonyl (C=O) groups is 3. The molecule has 28 heavy (non-hydrogen) atoms. The highest BCUT2D eigenvalue weighted by atomic mass is 16.4. The molecule has 1 atom stereocenters. The number of aliphatic hydroxyl groups excluding tert-OH is 1. The number of anilines is 2. The van der Waals surface area contributed by atoms with E-state index in [-0.39, 0.29) is 12.5 Å². The zero-order valence-corrected chi connectivity index (χ0v) is 15.6. The van der Waals surface area contributed by atoms with Crippen molar-refractivity contribution >= 4 is 29.1 Å². The Hall–Kier alpha value is -3.13. The minimum atomic E-state index is -1.04. The fourth-order valence-electron chi connectivity index (χ4n) is 3.02. The van der Waals surface area contributed by atoms with Crippen LogP contribution in [0.15, 0.2) is 40.8 Å². The smallest absolute Gasteiger partial charge is 0.313 e. The number of hydrogen-bond donors (Lipinski definition) is 3. The normalized spacial score (nSPS) is 15.2. The van der Waals surface area contributed by atoms with Gasteiger partial charge in [-0.25, -0.2) is 0 Å².